The fourth-order valence-electron chi connectivity index (χ4n) is 14.4. The summed E-state index contributed by atoms with van der Waals surface area (Å²) in [7, 11) is -5.68. The van der Waals surface area contributed by atoms with Gasteiger partial charge in [0.15, 0.2) is 17.3 Å². The predicted octanol–water partition coefficient (Wildman–Crippen LogP) is 15.5. The standard InChI is InChI=1S/C34H36N4O5Si.C33H36N4O6Si.C30H30N4O5Si/c1-23-32(33(40)38(26-9-7-6-8-10-26)37(23)22-34(2,3)41)30(39)20-25-12-13-27(21-36-25)43-31-15-17-35-29-19-24(11-14-28(29)31)16-18-44(4,5)42;1-22-31(32(39)37(24-9-7-6-8-10-24)36(22)20-33(2,3)40)29(38)17-23-11-12-26(19-35-23)43-30-15-16-34-28-18-25(13-14-27(28)30)42-21-44(4,5)41;1-20-29(30(36)34(22-8-6-5-7-9-22)33(20)19-40(3,4)37)27(35)16-21-10-11-24(18-32-21)39-28-14-15-31-26-17-23(38-2)12-13-25(26)28/h6-19,21,41-42H,20,22H2,1-5H3;6-16,18-19,40-41H,17,20-21H2,1-5H3;5-15,17-18,37H,16,19H2,1-4H3/b18-16+;;. The summed E-state index contributed by atoms with van der Waals surface area (Å²) < 4.78 is 38.7. The normalized spacial score (nSPS) is 11.9. The monoisotopic (exact) mass is 1770 g/mol. The van der Waals surface area contributed by atoms with Crippen LogP contribution in [0.2, 0.25) is 39.3 Å². The van der Waals surface area contributed by atoms with Gasteiger partial charge in [-0.15, -0.1) is 0 Å². The first kappa shape index (κ1) is 91.9. The molecular weight excluding hydrogens is 1670 g/mol. The van der Waals surface area contributed by atoms with Gasteiger partial charge in [-0.2, -0.15) is 0 Å². The molecule has 0 saturated heterocycles. The van der Waals surface area contributed by atoms with Gasteiger partial charge in [-0.3, -0.25) is 72.7 Å². The Balaban J connectivity index is 0.000000164. The van der Waals surface area contributed by atoms with Crippen LogP contribution >= 0.6 is 0 Å². The molecule has 128 heavy (non-hydrogen) atoms. The maximum Gasteiger partial charge on any atom is 0.282 e. The molecule has 5 N–H and O–H groups in total. The molecular formula is C97H102N12O16Si3. The summed E-state index contributed by atoms with van der Waals surface area (Å²) >= 11 is 0. The van der Waals surface area contributed by atoms with E-state index in [0.717, 1.165) is 32.8 Å². The largest absolute Gasteiger partial charge is 0.497 e. The van der Waals surface area contributed by atoms with Gasteiger partial charge in [0.25, 0.3) is 16.7 Å². The minimum Gasteiger partial charge on any atom is -0.497 e. The molecule has 0 amide bonds. The predicted molar refractivity (Wildman–Crippen MR) is 499 cm³/mol. The summed E-state index contributed by atoms with van der Waals surface area (Å²) in [6, 6.07) is 59.7. The molecule has 9 heterocycles. The topological polar surface area (TPSA) is 357 Å². The average Bonchev–Trinajstić information content (AvgIpc) is 1.62. The van der Waals surface area contributed by atoms with Gasteiger partial charge in [-0.05, 0) is 221 Å². The Hall–Kier alpha value is -13.8. The molecule has 0 saturated carbocycles. The number of carbonyl (C=O) groups is 3. The van der Waals surface area contributed by atoms with Gasteiger partial charge in [0, 0.05) is 81.0 Å². The Morgan fingerprint density at radius 2 is 0.742 bits per heavy atom. The lowest BCUT2D eigenvalue weighted by Crippen LogP contribution is -2.36. The second-order valence-corrected chi connectivity index (χ2v) is 45.8. The number of nitrogens with zero attached hydrogens (tertiary/aromatic N) is 12. The van der Waals surface area contributed by atoms with E-state index in [1.807, 2.05) is 141 Å². The number of aromatic nitrogens is 12. The van der Waals surface area contributed by atoms with E-state index >= 15 is 0 Å². The zero-order chi connectivity index (χ0) is 91.7. The third-order valence-corrected chi connectivity index (χ3v) is 23.2. The fraction of sp³-hybridized carbons (Fsp3) is 0.237. The van der Waals surface area contributed by atoms with Crippen molar-refractivity contribution in [1.29, 1.82) is 0 Å². The second-order valence-electron chi connectivity index (χ2n) is 34.3. The van der Waals surface area contributed by atoms with E-state index in [2.05, 4.69) is 29.9 Å². The zero-order valence-corrected chi connectivity index (χ0v) is 76.7. The van der Waals surface area contributed by atoms with Gasteiger partial charge in [-0.1, -0.05) is 72.4 Å². The Labute approximate surface area is 741 Å². The van der Waals surface area contributed by atoms with Gasteiger partial charge in [0.2, 0.25) is 25.0 Å². The summed E-state index contributed by atoms with van der Waals surface area (Å²) in [6.45, 7) is 23.0. The van der Waals surface area contributed by atoms with Gasteiger partial charge in [0.05, 0.1) is 109 Å². The molecule has 0 unspecified atom stereocenters. The summed E-state index contributed by atoms with van der Waals surface area (Å²) in [5.74, 6) is 3.54. The van der Waals surface area contributed by atoms with Crippen LogP contribution in [0.25, 0.3) is 55.8 Å². The Bertz CT molecular complexity index is 6780. The highest BCUT2D eigenvalue weighted by Crippen LogP contribution is 2.35. The fourth-order valence-corrected chi connectivity index (χ4v) is 16.6. The molecule has 658 valence electrons. The SMILES string of the molecule is COc1ccc2c(Oc3ccc(CC(=O)c4c(C)n(C[Si](C)(C)O)n(-c5ccccc5)c4=O)nc3)ccnc2c1.Cc1c(C(=O)Cc2ccc(Oc3ccnc4cc(/C=C/[Si](C)(C)O)ccc34)cn2)c(=O)n(-c2ccccc2)n1CC(C)(C)O.Cc1c(C(=O)Cc2ccc(Oc3ccnc4cc(OC[Si](C)(C)O)ccc34)cn2)c(=O)n(-c2ccccc2)n1CC(C)(C)O. The number of aliphatic hydroxyl groups is 2. The summed E-state index contributed by atoms with van der Waals surface area (Å²) in [5.41, 5.74) is 6.52. The Morgan fingerprint density at radius 3 is 1.08 bits per heavy atom. The van der Waals surface area contributed by atoms with E-state index in [1.165, 1.54) is 20.2 Å². The molecule has 9 aromatic heterocycles. The number of methoxy groups -OCH3 is 1. The van der Waals surface area contributed by atoms with E-state index < -0.39 is 52.8 Å². The van der Waals surface area contributed by atoms with Gasteiger partial charge >= 0.3 is 0 Å². The number of Topliss-reactive ketones (excluding diaryl/α,β-unsaturated/α-hetero) is 3. The molecule has 0 bridgehead atoms. The molecule has 6 aromatic carbocycles. The van der Waals surface area contributed by atoms with Crippen molar-refractivity contribution >= 4 is 81.1 Å². The van der Waals surface area contributed by atoms with E-state index in [4.69, 9.17) is 23.7 Å². The molecule has 0 atom stereocenters. The van der Waals surface area contributed by atoms with Crippen LogP contribution in [-0.2, 0) is 38.5 Å². The first-order chi connectivity index (χ1) is 60.7. The molecule has 0 radical (unpaired) electrons. The third kappa shape index (κ3) is 22.9. The Kier molecular flexibility index (Phi) is 27.7. The Morgan fingerprint density at radius 1 is 0.406 bits per heavy atom. The lowest BCUT2D eigenvalue weighted by atomic mass is 10.1. The van der Waals surface area contributed by atoms with Crippen LogP contribution in [0, 0.1) is 20.8 Å². The molecule has 0 spiro atoms. The highest BCUT2D eigenvalue weighted by molar-refractivity contribution is 6.75. The van der Waals surface area contributed by atoms with Gasteiger partial charge in [0.1, 0.15) is 68.9 Å². The van der Waals surface area contributed by atoms with Crippen molar-refractivity contribution in [3.05, 3.63) is 331 Å². The summed E-state index contributed by atoms with van der Waals surface area (Å²) in [4.78, 5) is 138. The first-order valence-electron chi connectivity index (χ1n) is 41.5. The average molecular weight is 1780 g/mol. The van der Waals surface area contributed by atoms with Crippen molar-refractivity contribution in [2.45, 2.75) is 137 Å². The molecule has 0 fully saturated rings. The number of pyridine rings is 6. The molecule has 15 rings (SSSR count). The number of hydrogen-bond donors (Lipinski definition) is 5. The summed E-state index contributed by atoms with van der Waals surface area (Å²) in [6.07, 6.45) is 11.9. The van der Waals surface area contributed by atoms with Crippen molar-refractivity contribution in [3.8, 4) is 63.1 Å². The van der Waals surface area contributed by atoms with E-state index in [9.17, 15) is 53.4 Å². The van der Waals surface area contributed by atoms with Gasteiger partial charge < -0.3 is 48.3 Å². The number of rotatable bonds is 30. The number of hydrogen-bond acceptors (Lipinski definition) is 22. The molecule has 0 aliphatic heterocycles. The van der Waals surface area contributed by atoms with Crippen LogP contribution in [0.5, 0.6) is 46.0 Å². The van der Waals surface area contributed by atoms with Crippen molar-refractivity contribution in [1.82, 2.24) is 58.0 Å². The van der Waals surface area contributed by atoms with Crippen molar-refractivity contribution < 1.29 is 62.7 Å². The lowest BCUT2D eigenvalue weighted by molar-refractivity contribution is 0.0540. The van der Waals surface area contributed by atoms with Crippen LogP contribution in [0.4, 0.5) is 0 Å². The van der Waals surface area contributed by atoms with Crippen LogP contribution in [0.15, 0.2) is 257 Å². The van der Waals surface area contributed by atoms with Crippen LogP contribution in [0.1, 0.15) is 98.5 Å². The van der Waals surface area contributed by atoms with E-state index in [0.29, 0.717) is 103 Å². The number of ketones is 3. The highest BCUT2D eigenvalue weighted by Gasteiger charge is 2.32. The molecule has 15 aromatic rings. The second kappa shape index (κ2) is 38.6. The van der Waals surface area contributed by atoms with E-state index in [-0.39, 0.29) is 78.8 Å². The molecule has 0 aliphatic carbocycles. The number of ether oxygens (including phenoxy) is 5. The minimum atomic E-state index is -2.62. The maximum absolute atomic E-state index is 13.6. The highest BCUT2D eigenvalue weighted by atomic mass is 28.4. The summed E-state index contributed by atoms with van der Waals surface area (Å²) in [5, 5.41) is 23.5. The van der Waals surface area contributed by atoms with Gasteiger partial charge in [-0.25, -0.2) is 14.0 Å². The number of para-hydroxylation sites is 3. The van der Waals surface area contributed by atoms with E-state index in [1.54, 1.807) is 211 Å². The quantitative estimate of drug-likeness (QED) is 0.0206. The first-order valence-corrected chi connectivity index (χ1v) is 50.8. The number of fused-ring (bicyclic) bond motifs is 3. The minimum absolute atomic E-state index is 0.0485. The number of benzene rings is 6. The maximum atomic E-state index is 13.6. The van der Waals surface area contributed by atoms with Crippen LogP contribution < -0.4 is 40.4 Å². The van der Waals surface area contributed by atoms with Crippen molar-refractivity contribution in [2.24, 2.45) is 0 Å². The lowest BCUT2D eigenvalue weighted by Gasteiger charge is -2.22. The molecule has 28 nitrogen and oxygen atoms in total. The van der Waals surface area contributed by atoms with Crippen LogP contribution in [-0.4, -0.2) is 149 Å². The smallest absolute Gasteiger partial charge is 0.282 e. The zero-order valence-electron chi connectivity index (χ0n) is 73.7. The molecule has 31 heteroatoms. The third-order valence-electron chi connectivity index (χ3n) is 20.3. The van der Waals surface area contributed by atoms with Crippen LogP contribution in [0.3, 0.4) is 0 Å². The van der Waals surface area contributed by atoms with Crippen molar-refractivity contribution in [3.63, 3.8) is 0 Å². The molecule has 0 aliphatic rings. The number of carbonyl (C=O) groups excluding carboxylic acids is 3. The van der Waals surface area contributed by atoms with Crippen molar-refractivity contribution in [2.75, 3.05) is 13.3 Å².